The number of fused-ring (bicyclic) bond motifs is 4. The normalized spacial score (nSPS) is 27.8. The molecule has 3 aliphatic rings. The van der Waals surface area contributed by atoms with Crippen LogP contribution in [0.15, 0.2) is 48.5 Å². The Balaban J connectivity index is 1.35. The maximum atomic E-state index is 13.0. The standard InChI is InChI=1S/C24H27NO4/c1-14(2)19-11-25(22-21(26)13-28-23(19)22)24(27)29-12-20-17-9-5-3-7-15(17)16-8-4-6-10-18(16)20/h3-10,14,19-23,26H,11-13H2,1-2H3/t19-,21-,22+,23+/m0/s1. The van der Waals surface area contributed by atoms with Gasteiger partial charge in [0.1, 0.15) is 12.7 Å². The van der Waals surface area contributed by atoms with Crippen molar-refractivity contribution in [2.75, 3.05) is 19.8 Å². The van der Waals surface area contributed by atoms with E-state index in [4.69, 9.17) is 9.47 Å². The van der Waals surface area contributed by atoms with E-state index < -0.39 is 6.10 Å². The highest BCUT2D eigenvalue weighted by Gasteiger charge is 2.53. The van der Waals surface area contributed by atoms with E-state index in [1.165, 1.54) is 22.3 Å². The predicted octanol–water partition coefficient (Wildman–Crippen LogP) is 3.65. The highest BCUT2D eigenvalue weighted by Crippen LogP contribution is 2.45. The average Bonchev–Trinajstić information content (AvgIpc) is 3.38. The second-order valence-corrected chi connectivity index (χ2v) is 8.72. The molecule has 1 N–H and O–H groups in total. The number of hydrogen-bond acceptors (Lipinski definition) is 4. The molecule has 2 saturated heterocycles. The predicted molar refractivity (Wildman–Crippen MR) is 110 cm³/mol. The minimum absolute atomic E-state index is 0.0374. The molecule has 4 atom stereocenters. The van der Waals surface area contributed by atoms with Crippen molar-refractivity contribution < 1.29 is 19.4 Å². The summed E-state index contributed by atoms with van der Waals surface area (Å²) in [6, 6.07) is 16.3. The summed E-state index contributed by atoms with van der Waals surface area (Å²) in [6.45, 7) is 5.42. The molecule has 2 heterocycles. The monoisotopic (exact) mass is 393 g/mol. The Bertz CT molecular complexity index is 881. The van der Waals surface area contributed by atoms with Crippen molar-refractivity contribution in [2.24, 2.45) is 11.8 Å². The summed E-state index contributed by atoms with van der Waals surface area (Å²) in [5.74, 6) is 0.632. The third-order valence-electron chi connectivity index (χ3n) is 6.81. The van der Waals surface area contributed by atoms with Crippen LogP contribution < -0.4 is 0 Å². The topological polar surface area (TPSA) is 59.0 Å². The zero-order valence-electron chi connectivity index (χ0n) is 16.8. The van der Waals surface area contributed by atoms with Gasteiger partial charge >= 0.3 is 6.09 Å². The molecule has 2 aromatic rings. The van der Waals surface area contributed by atoms with Gasteiger partial charge in [-0.05, 0) is 28.2 Å². The van der Waals surface area contributed by atoms with Crippen LogP contribution in [0.25, 0.3) is 11.1 Å². The summed E-state index contributed by atoms with van der Waals surface area (Å²) in [6.07, 6.45) is -1.11. The number of benzene rings is 2. The highest BCUT2D eigenvalue weighted by molar-refractivity contribution is 5.79. The van der Waals surface area contributed by atoms with Crippen LogP contribution in [0, 0.1) is 11.8 Å². The van der Waals surface area contributed by atoms with Gasteiger partial charge < -0.3 is 14.6 Å². The van der Waals surface area contributed by atoms with Crippen LogP contribution in [-0.2, 0) is 9.47 Å². The number of carbonyl (C=O) groups excluding carboxylic acids is 1. The summed E-state index contributed by atoms with van der Waals surface area (Å²) in [5, 5.41) is 10.4. The lowest BCUT2D eigenvalue weighted by molar-refractivity contribution is 0.0472. The van der Waals surface area contributed by atoms with Crippen molar-refractivity contribution in [3.63, 3.8) is 0 Å². The molecule has 2 aromatic carbocycles. The Hall–Kier alpha value is -2.37. The molecule has 0 bridgehead atoms. The van der Waals surface area contributed by atoms with Gasteiger partial charge in [0.25, 0.3) is 0 Å². The van der Waals surface area contributed by atoms with Crippen molar-refractivity contribution in [3.05, 3.63) is 59.7 Å². The van der Waals surface area contributed by atoms with Crippen molar-refractivity contribution in [3.8, 4) is 11.1 Å². The molecule has 0 aromatic heterocycles. The number of aliphatic hydroxyl groups excluding tert-OH is 1. The van der Waals surface area contributed by atoms with E-state index in [1.54, 1.807) is 4.90 Å². The first-order chi connectivity index (χ1) is 14.1. The number of carbonyl (C=O) groups is 1. The number of likely N-dealkylation sites (tertiary alicyclic amines) is 1. The van der Waals surface area contributed by atoms with Crippen LogP contribution in [0.1, 0.15) is 30.9 Å². The molecule has 152 valence electrons. The molecule has 5 heteroatoms. The summed E-state index contributed by atoms with van der Waals surface area (Å²) in [4.78, 5) is 14.7. The zero-order valence-corrected chi connectivity index (χ0v) is 16.8. The van der Waals surface area contributed by atoms with Gasteiger partial charge in [0.15, 0.2) is 0 Å². The Morgan fingerprint density at radius 3 is 2.38 bits per heavy atom. The first kappa shape index (κ1) is 18.6. The van der Waals surface area contributed by atoms with Crippen LogP contribution in [-0.4, -0.2) is 54.1 Å². The summed E-state index contributed by atoms with van der Waals surface area (Å²) < 4.78 is 11.6. The number of amides is 1. The number of ether oxygens (including phenoxy) is 2. The lowest BCUT2D eigenvalue weighted by atomic mass is 9.90. The van der Waals surface area contributed by atoms with Crippen LogP contribution in [0.5, 0.6) is 0 Å². The first-order valence-corrected chi connectivity index (χ1v) is 10.5. The van der Waals surface area contributed by atoms with Gasteiger partial charge in [0, 0.05) is 18.4 Å². The third-order valence-corrected chi connectivity index (χ3v) is 6.81. The van der Waals surface area contributed by atoms with E-state index in [9.17, 15) is 9.90 Å². The Kier molecular flexibility index (Phi) is 4.60. The fourth-order valence-corrected chi connectivity index (χ4v) is 5.30. The minimum atomic E-state index is -0.649. The summed E-state index contributed by atoms with van der Waals surface area (Å²) in [5.41, 5.74) is 4.82. The van der Waals surface area contributed by atoms with Gasteiger partial charge in [-0.25, -0.2) is 4.79 Å². The molecular formula is C24H27NO4. The van der Waals surface area contributed by atoms with Gasteiger partial charge in [-0.15, -0.1) is 0 Å². The summed E-state index contributed by atoms with van der Waals surface area (Å²) >= 11 is 0. The molecule has 5 rings (SSSR count). The highest BCUT2D eigenvalue weighted by atomic mass is 16.6. The molecule has 29 heavy (non-hydrogen) atoms. The van der Waals surface area contributed by atoms with Gasteiger partial charge in [-0.2, -0.15) is 0 Å². The minimum Gasteiger partial charge on any atom is -0.448 e. The molecule has 1 amide bonds. The second kappa shape index (κ2) is 7.15. The Labute approximate surface area is 171 Å². The lowest BCUT2D eigenvalue weighted by Crippen LogP contribution is -2.44. The molecule has 5 nitrogen and oxygen atoms in total. The fourth-order valence-electron chi connectivity index (χ4n) is 5.30. The fraction of sp³-hybridized carbons (Fsp3) is 0.458. The number of nitrogens with zero attached hydrogens (tertiary/aromatic N) is 1. The van der Waals surface area contributed by atoms with E-state index in [0.717, 1.165) is 0 Å². The average molecular weight is 393 g/mol. The SMILES string of the molecule is CC(C)[C@@H]1CN(C(=O)OCC2c3ccccc3-c3ccccc32)[C@H]2[C@@H]1OC[C@@H]2O. The van der Waals surface area contributed by atoms with Crippen molar-refractivity contribution in [2.45, 2.75) is 38.0 Å². The number of aliphatic hydroxyl groups is 1. The lowest BCUT2D eigenvalue weighted by Gasteiger charge is -2.25. The van der Waals surface area contributed by atoms with Crippen molar-refractivity contribution in [1.82, 2.24) is 4.90 Å². The van der Waals surface area contributed by atoms with Crippen molar-refractivity contribution >= 4 is 6.09 Å². The molecule has 1 aliphatic carbocycles. The van der Waals surface area contributed by atoms with Crippen LogP contribution >= 0.6 is 0 Å². The number of hydrogen-bond donors (Lipinski definition) is 1. The molecule has 0 unspecified atom stereocenters. The maximum absolute atomic E-state index is 13.0. The second-order valence-electron chi connectivity index (χ2n) is 8.72. The number of rotatable bonds is 3. The Morgan fingerprint density at radius 1 is 1.14 bits per heavy atom. The van der Waals surface area contributed by atoms with Gasteiger partial charge in [0.2, 0.25) is 0 Å². The van der Waals surface area contributed by atoms with Crippen LogP contribution in [0.4, 0.5) is 4.79 Å². The van der Waals surface area contributed by atoms with Crippen LogP contribution in [0.2, 0.25) is 0 Å². The molecule has 0 radical (unpaired) electrons. The van der Waals surface area contributed by atoms with Crippen LogP contribution in [0.3, 0.4) is 0 Å². The van der Waals surface area contributed by atoms with E-state index in [-0.39, 0.29) is 36.7 Å². The molecule has 0 saturated carbocycles. The Morgan fingerprint density at radius 2 is 1.76 bits per heavy atom. The molecule has 0 spiro atoms. The quantitative estimate of drug-likeness (QED) is 0.865. The van der Waals surface area contributed by atoms with E-state index in [0.29, 0.717) is 19.1 Å². The third kappa shape index (κ3) is 2.95. The van der Waals surface area contributed by atoms with Crippen molar-refractivity contribution in [1.29, 1.82) is 0 Å². The van der Waals surface area contributed by atoms with E-state index in [1.807, 2.05) is 24.3 Å². The van der Waals surface area contributed by atoms with Gasteiger partial charge in [0.05, 0.1) is 18.8 Å². The molecule has 2 fully saturated rings. The maximum Gasteiger partial charge on any atom is 0.410 e. The van der Waals surface area contributed by atoms with E-state index in [2.05, 4.69) is 38.1 Å². The first-order valence-electron chi connectivity index (χ1n) is 10.5. The smallest absolute Gasteiger partial charge is 0.410 e. The van der Waals surface area contributed by atoms with Gasteiger partial charge in [-0.1, -0.05) is 62.4 Å². The van der Waals surface area contributed by atoms with Gasteiger partial charge in [-0.3, -0.25) is 4.90 Å². The molecule has 2 aliphatic heterocycles. The molecular weight excluding hydrogens is 366 g/mol. The zero-order chi connectivity index (χ0) is 20.1. The largest absolute Gasteiger partial charge is 0.448 e. The summed E-state index contributed by atoms with van der Waals surface area (Å²) in [7, 11) is 0. The van der Waals surface area contributed by atoms with E-state index >= 15 is 0 Å².